The van der Waals surface area contributed by atoms with E-state index in [-0.39, 0.29) is 16.4 Å². The van der Waals surface area contributed by atoms with Crippen LogP contribution < -0.4 is 5.43 Å². The monoisotopic (exact) mass is 264 g/mol. The second-order valence-electron chi connectivity index (χ2n) is 4.74. The second kappa shape index (κ2) is 3.90. The van der Waals surface area contributed by atoms with Gasteiger partial charge in [-0.1, -0.05) is 30.3 Å². The van der Waals surface area contributed by atoms with Crippen molar-refractivity contribution in [1.82, 2.24) is 0 Å². The number of benzene rings is 3. The molecule has 0 saturated heterocycles. The lowest BCUT2D eigenvalue weighted by atomic mass is 10.1. The van der Waals surface area contributed by atoms with Gasteiger partial charge in [0.25, 0.3) is 0 Å². The van der Waals surface area contributed by atoms with Crippen molar-refractivity contribution in [3.63, 3.8) is 0 Å². The summed E-state index contributed by atoms with van der Waals surface area (Å²) in [5, 5.41) is 2.66. The average molecular weight is 264 g/mol. The first-order valence-electron chi connectivity index (χ1n) is 6.28. The summed E-state index contributed by atoms with van der Waals surface area (Å²) in [7, 11) is 0. The summed E-state index contributed by atoms with van der Waals surface area (Å²) in [6.45, 7) is 0. The second-order valence-corrected chi connectivity index (χ2v) is 4.74. The molecule has 0 spiro atoms. The summed E-state index contributed by atoms with van der Waals surface area (Å²) in [6.07, 6.45) is 0. The fourth-order valence-electron chi connectivity index (χ4n) is 2.53. The molecular weight excluding hydrogens is 255 g/mol. The van der Waals surface area contributed by atoms with E-state index in [2.05, 4.69) is 0 Å². The van der Waals surface area contributed by atoms with Crippen molar-refractivity contribution in [2.75, 3.05) is 0 Å². The largest absolute Gasteiger partial charge is 0.453 e. The zero-order valence-corrected chi connectivity index (χ0v) is 10.4. The Morgan fingerprint density at radius 1 is 0.850 bits per heavy atom. The van der Waals surface area contributed by atoms with Gasteiger partial charge in [0.1, 0.15) is 5.58 Å². The molecule has 1 heterocycles. The molecular formula is C17H9FO2. The Morgan fingerprint density at radius 2 is 1.60 bits per heavy atom. The molecule has 2 nitrogen and oxygen atoms in total. The smallest absolute Gasteiger partial charge is 0.200 e. The Kier molecular flexibility index (Phi) is 2.18. The van der Waals surface area contributed by atoms with Crippen LogP contribution in [0, 0.1) is 5.82 Å². The highest BCUT2D eigenvalue weighted by atomic mass is 19.1. The van der Waals surface area contributed by atoms with Crippen molar-refractivity contribution in [1.29, 1.82) is 0 Å². The van der Waals surface area contributed by atoms with Gasteiger partial charge in [0, 0.05) is 0 Å². The number of hydrogen-bond acceptors (Lipinski definition) is 2. The lowest BCUT2D eigenvalue weighted by Gasteiger charge is -2.04. The molecule has 0 bridgehead atoms. The van der Waals surface area contributed by atoms with Gasteiger partial charge in [0.15, 0.2) is 11.4 Å². The molecule has 3 aromatic carbocycles. The maximum Gasteiger partial charge on any atom is 0.200 e. The number of para-hydroxylation sites is 1. The van der Waals surface area contributed by atoms with E-state index in [0.29, 0.717) is 11.0 Å². The van der Waals surface area contributed by atoms with E-state index in [9.17, 15) is 9.18 Å². The van der Waals surface area contributed by atoms with Crippen LogP contribution in [0.1, 0.15) is 0 Å². The van der Waals surface area contributed by atoms with Crippen LogP contribution in [0.2, 0.25) is 0 Å². The minimum atomic E-state index is -0.519. The van der Waals surface area contributed by atoms with E-state index in [4.69, 9.17) is 4.42 Å². The van der Waals surface area contributed by atoms with Gasteiger partial charge >= 0.3 is 0 Å². The van der Waals surface area contributed by atoms with Crippen molar-refractivity contribution in [3.05, 3.63) is 70.6 Å². The van der Waals surface area contributed by atoms with Crippen molar-refractivity contribution in [3.8, 4) is 0 Å². The lowest BCUT2D eigenvalue weighted by molar-refractivity contribution is 0.579. The normalized spacial score (nSPS) is 11.4. The molecule has 0 radical (unpaired) electrons. The zero-order chi connectivity index (χ0) is 13.7. The van der Waals surface area contributed by atoms with Gasteiger partial charge in [0.05, 0.1) is 10.8 Å². The van der Waals surface area contributed by atoms with Crippen LogP contribution in [0.4, 0.5) is 4.39 Å². The van der Waals surface area contributed by atoms with Crippen molar-refractivity contribution < 1.29 is 8.81 Å². The van der Waals surface area contributed by atoms with Gasteiger partial charge in [0.2, 0.25) is 5.43 Å². The Bertz CT molecular complexity index is 1030. The van der Waals surface area contributed by atoms with Crippen LogP contribution in [-0.2, 0) is 0 Å². The van der Waals surface area contributed by atoms with E-state index in [0.717, 1.165) is 10.8 Å². The predicted octanol–water partition coefficient (Wildman–Crippen LogP) is 4.24. The van der Waals surface area contributed by atoms with Crippen LogP contribution in [0.3, 0.4) is 0 Å². The molecule has 0 amide bonds. The predicted molar refractivity (Wildman–Crippen MR) is 77.5 cm³/mol. The number of fused-ring (bicyclic) bond motifs is 3. The highest BCUT2D eigenvalue weighted by molar-refractivity contribution is 5.99. The highest BCUT2D eigenvalue weighted by Crippen LogP contribution is 2.25. The molecule has 0 saturated carbocycles. The van der Waals surface area contributed by atoms with Crippen LogP contribution in [0.25, 0.3) is 32.7 Å². The molecule has 0 N–H and O–H groups in total. The van der Waals surface area contributed by atoms with Crippen LogP contribution in [-0.4, -0.2) is 0 Å². The molecule has 0 aliphatic rings. The van der Waals surface area contributed by atoms with Gasteiger partial charge in [-0.05, 0) is 35.0 Å². The average Bonchev–Trinajstić information content (AvgIpc) is 2.47. The van der Waals surface area contributed by atoms with Crippen LogP contribution in [0.5, 0.6) is 0 Å². The SMILES string of the molecule is O=c1c2cc3ccccc3cc2oc2c(F)cccc12. The molecule has 4 aromatic rings. The van der Waals surface area contributed by atoms with E-state index in [1.165, 1.54) is 12.1 Å². The number of rotatable bonds is 0. The van der Waals surface area contributed by atoms with Gasteiger partial charge in [-0.15, -0.1) is 0 Å². The molecule has 1 aromatic heterocycles. The molecule has 0 aliphatic carbocycles. The highest BCUT2D eigenvalue weighted by Gasteiger charge is 2.11. The summed E-state index contributed by atoms with van der Waals surface area (Å²) in [4.78, 5) is 12.5. The lowest BCUT2D eigenvalue weighted by Crippen LogP contribution is -2.02. The van der Waals surface area contributed by atoms with Gasteiger partial charge in [-0.2, -0.15) is 0 Å². The van der Waals surface area contributed by atoms with Gasteiger partial charge < -0.3 is 4.42 Å². The standard InChI is InChI=1S/C17H9FO2/c18-14-7-3-6-12-16(19)13-8-10-4-1-2-5-11(10)9-15(13)20-17(12)14/h1-9H. The van der Waals surface area contributed by atoms with Crippen molar-refractivity contribution in [2.45, 2.75) is 0 Å². The van der Waals surface area contributed by atoms with E-state index in [1.807, 2.05) is 24.3 Å². The zero-order valence-electron chi connectivity index (χ0n) is 10.4. The third-order valence-electron chi connectivity index (χ3n) is 3.52. The summed E-state index contributed by atoms with van der Waals surface area (Å²) < 4.78 is 19.4. The van der Waals surface area contributed by atoms with E-state index < -0.39 is 5.82 Å². The van der Waals surface area contributed by atoms with Crippen molar-refractivity contribution >= 4 is 32.7 Å². The first-order valence-corrected chi connectivity index (χ1v) is 6.28. The molecule has 3 heteroatoms. The van der Waals surface area contributed by atoms with Crippen molar-refractivity contribution in [2.24, 2.45) is 0 Å². The third kappa shape index (κ3) is 1.46. The molecule has 0 atom stereocenters. The molecule has 0 fully saturated rings. The Labute approximate surface area is 113 Å². The topological polar surface area (TPSA) is 30.2 Å². The summed E-state index contributed by atoms with van der Waals surface area (Å²) >= 11 is 0. The van der Waals surface area contributed by atoms with Crippen LogP contribution in [0.15, 0.2) is 63.8 Å². The summed E-state index contributed by atoms with van der Waals surface area (Å²) in [5.74, 6) is -0.519. The van der Waals surface area contributed by atoms with Gasteiger partial charge in [-0.3, -0.25) is 4.79 Å². The maximum absolute atomic E-state index is 13.8. The Balaban J connectivity index is 2.29. The summed E-state index contributed by atoms with van der Waals surface area (Å²) in [5.41, 5.74) is 0.220. The quantitative estimate of drug-likeness (QED) is 0.445. The Hall–Kier alpha value is -2.68. The first kappa shape index (κ1) is 11.2. The maximum atomic E-state index is 13.8. The molecule has 0 unspecified atom stereocenters. The molecule has 96 valence electrons. The van der Waals surface area contributed by atoms with E-state index in [1.54, 1.807) is 18.2 Å². The molecule has 0 aliphatic heterocycles. The molecule has 4 rings (SSSR count). The fraction of sp³-hybridized carbons (Fsp3) is 0. The fourth-order valence-corrected chi connectivity index (χ4v) is 2.53. The van der Waals surface area contributed by atoms with Gasteiger partial charge in [-0.25, -0.2) is 4.39 Å². The summed E-state index contributed by atoms with van der Waals surface area (Å²) in [6, 6.07) is 15.6. The minimum absolute atomic E-state index is 0.0141. The number of hydrogen-bond donors (Lipinski definition) is 0. The van der Waals surface area contributed by atoms with Crippen LogP contribution >= 0.6 is 0 Å². The Morgan fingerprint density at radius 3 is 2.40 bits per heavy atom. The number of halogens is 1. The molecule has 20 heavy (non-hydrogen) atoms. The first-order chi connectivity index (χ1) is 9.74. The minimum Gasteiger partial charge on any atom is -0.453 e. The third-order valence-corrected chi connectivity index (χ3v) is 3.52. The van der Waals surface area contributed by atoms with E-state index >= 15 is 0 Å².